The number of ether oxygens (including phenoxy) is 1. The highest BCUT2D eigenvalue weighted by molar-refractivity contribution is 5.84. The average molecular weight is 413 g/mol. The van der Waals surface area contributed by atoms with Crippen LogP contribution in [0, 0.1) is 0 Å². The highest BCUT2D eigenvalue weighted by Gasteiger charge is 2.24. The van der Waals surface area contributed by atoms with Gasteiger partial charge in [0.05, 0.1) is 0 Å². The van der Waals surface area contributed by atoms with E-state index < -0.39 is 11.7 Å². The lowest BCUT2D eigenvalue weighted by molar-refractivity contribution is 0.0741. The summed E-state index contributed by atoms with van der Waals surface area (Å²) in [6.07, 6.45) is 4.03. The van der Waals surface area contributed by atoms with Crippen molar-refractivity contribution in [3.8, 4) is 0 Å². The average Bonchev–Trinajstić information content (AvgIpc) is 2.73. The first-order valence-corrected chi connectivity index (χ1v) is 10.9. The molecule has 1 aromatic heterocycles. The number of hydrogen-bond acceptors (Lipinski definition) is 5. The number of nitrogens with zero attached hydrogens (tertiary/aromatic N) is 2. The number of fused-ring (bicyclic) bond motifs is 1. The third kappa shape index (κ3) is 5.04. The Balaban J connectivity index is 2.01. The molecule has 1 saturated heterocycles. The van der Waals surface area contributed by atoms with E-state index in [0.717, 1.165) is 49.0 Å². The van der Waals surface area contributed by atoms with E-state index >= 15 is 0 Å². The second-order valence-corrected chi connectivity index (χ2v) is 7.97. The number of allylic oxidation sites excluding steroid dienone is 1. The SMILES string of the molecule is CCN(CC)c1ccc2c(C(C=C(C)C)OC(=O)N3CCCCC3)cc(=O)oc2c1. The van der Waals surface area contributed by atoms with Crippen LogP contribution in [-0.4, -0.2) is 37.2 Å². The van der Waals surface area contributed by atoms with E-state index in [2.05, 4.69) is 18.7 Å². The van der Waals surface area contributed by atoms with Gasteiger partial charge in [-0.2, -0.15) is 0 Å². The van der Waals surface area contributed by atoms with E-state index in [1.807, 2.05) is 38.1 Å². The summed E-state index contributed by atoms with van der Waals surface area (Å²) in [7, 11) is 0. The number of anilines is 1. The number of hydrogen-bond donors (Lipinski definition) is 0. The number of carbonyl (C=O) groups excluding carboxylic acids is 1. The highest BCUT2D eigenvalue weighted by atomic mass is 16.6. The summed E-state index contributed by atoms with van der Waals surface area (Å²) < 4.78 is 11.4. The van der Waals surface area contributed by atoms with Gasteiger partial charge in [-0.3, -0.25) is 0 Å². The van der Waals surface area contributed by atoms with Crippen LogP contribution < -0.4 is 10.5 Å². The first-order valence-electron chi connectivity index (χ1n) is 10.9. The van der Waals surface area contributed by atoms with Crippen molar-refractivity contribution in [1.82, 2.24) is 4.90 Å². The molecule has 3 rings (SSSR count). The van der Waals surface area contributed by atoms with Crippen molar-refractivity contribution < 1.29 is 13.9 Å². The minimum absolute atomic E-state index is 0.335. The van der Waals surface area contributed by atoms with E-state index in [9.17, 15) is 9.59 Å². The first-order chi connectivity index (χ1) is 14.4. The minimum Gasteiger partial charge on any atom is -0.437 e. The molecule has 162 valence electrons. The van der Waals surface area contributed by atoms with Crippen molar-refractivity contribution in [3.63, 3.8) is 0 Å². The van der Waals surface area contributed by atoms with E-state index in [1.165, 1.54) is 6.07 Å². The Morgan fingerprint density at radius 3 is 2.50 bits per heavy atom. The highest BCUT2D eigenvalue weighted by Crippen LogP contribution is 2.31. The van der Waals surface area contributed by atoms with Crippen LogP contribution in [-0.2, 0) is 4.74 Å². The van der Waals surface area contributed by atoms with Crippen molar-refractivity contribution in [2.24, 2.45) is 0 Å². The molecule has 0 radical (unpaired) electrons. The van der Waals surface area contributed by atoms with Gasteiger partial charge < -0.3 is 19.0 Å². The zero-order chi connectivity index (χ0) is 21.7. The molecule has 2 heterocycles. The summed E-state index contributed by atoms with van der Waals surface area (Å²) in [5.41, 5.74) is 2.71. The van der Waals surface area contributed by atoms with Gasteiger partial charge in [-0.1, -0.05) is 5.57 Å². The monoisotopic (exact) mass is 412 g/mol. The van der Waals surface area contributed by atoms with E-state index in [4.69, 9.17) is 9.15 Å². The maximum Gasteiger partial charge on any atom is 0.410 e. The standard InChI is InChI=1S/C24H32N2O4/c1-5-25(6-2)18-10-11-19-20(16-23(27)29-22(19)15-18)21(14-17(3)4)30-24(28)26-12-8-7-9-13-26/h10-11,14-16,21H,5-9,12-13H2,1-4H3. The normalized spacial score (nSPS) is 15.0. The molecule has 1 unspecified atom stereocenters. The van der Waals surface area contributed by atoms with Crippen LogP contribution in [0.25, 0.3) is 11.0 Å². The van der Waals surface area contributed by atoms with Gasteiger partial charge in [-0.15, -0.1) is 0 Å². The minimum atomic E-state index is -0.643. The van der Waals surface area contributed by atoms with Gasteiger partial charge in [-0.05, 0) is 65.2 Å². The fourth-order valence-electron chi connectivity index (χ4n) is 3.95. The Morgan fingerprint density at radius 2 is 1.87 bits per heavy atom. The summed E-state index contributed by atoms with van der Waals surface area (Å²) in [5, 5.41) is 0.777. The number of benzene rings is 1. The molecule has 1 aliphatic heterocycles. The topological polar surface area (TPSA) is 63.0 Å². The quantitative estimate of drug-likeness (QED) is 0.478. The lowest BCUT2D eigenvalue weighted by Crippen LogP contribution is -2.36. The molecule has 1 amide bonds. The smallest absolute Gasteiger partial charge is 0.410 e. The molecular formula is C24H32N2O4. The molecular weight excluding hydrogens is 380 g/mol. The number of amides is 1. The molecule has 0 saturated carbocycles. The van der Waals surface area contributed by atoms with Crippen LogP contribution in [0.15, 0.2) is 45.1 Å². The third-order valence-electron chi connectivity index (χ3n) is 5.52. The number of carbonyl (C=O) groups is 1. The molecule has 1 atom stereocenters. The Bertz CT molecular complexity index is 965. The number of rotatable bonds is 6. The molecule has 1 aromatic carbocycles. The lowest BCUT2D eigenvalue weighted by atomic mass is 10.0. The van der Waals surface area contributed by atoms with Crippen molar-refractivity contribution in [2.75, 3.05) is 31.1 Å². The molecule has 0 spiro atoms. The zero-order valence-corrected chi connectivity index (χ0v) is 18.4. The maximum absolute atomic E-state index is 12.8. The second kappa shape index (κ2) is 9.83. The molecule has 0 bridgehead atoms. The summed E-state index contributed by atoms with van der Waals surface area (Å²) >= 11 is 0. The van der Waals surface area contributed by atoms with E-state index in [1.54, 1.807) is 4.90 Å². The van der Waals surface area contributed by atoms with E-state index in [-0.39, 0.29) is 6.09 Å². The largest absolute Gasteiger partial charge is 0.437 e. The maximum atomic E-state index is 12.8. The Kier molecular flexibility index (Phi) is 7.19. The van der Waals surface area contributed by atoms with Gasteiger partial charge >= 0.3 is 11.7 Å². The Morgan fingerprint density at radius 1 is 1.17 bits per heavy atom. The summed E-state index contributed by atoms with van der Waals surface area (Å²) in [5.74, 6) is 0. The molecule has 1 aliphatic rings. The molecule has 0 aliphatic carbocycles. The van der Waals surface area contributed by atoms with Crippen LogP contribution in [0.2, 0.25) is 0 Å². The fraction of sp³-hybridized carbons (Fsp3) is 0.500. The predicted molar refractivity (Wildman–Crippen MR) is 120 cm³/mol. The zero-order valence-electron chi connectivity index (χ0n) is 18.4. The van der Waals surface area contributed by atoms with Gasteiger partial charge in [0, 0.05) is 54.9 Å². The summed E-state index contributed by atoms with van der Waals surface area (Å²) in [4.78, 5) is 29.1. The summed E-state index contributed by atoms with van der Waals surface area (Å²) in [6, 6.07) is 7.29. The molecule has 0 N–H and O–H groups in total. The van der Waals surface area contributed by atoms with Gasteiger partial charge in [0.1, 0.15) is 11.7 Å². The predicted octanol–water partition coefficient (Wildman–Crippen LogP) is 5.27. The molecule has 6 nitrogen and oxygen atoms in total. The van der Waals surface area contributed by atoms with Gasteiger partial charge in [-0.25, -0.2) is 9.59 Å². The Labute approximate surface area is 178 Å². The van der Waals surface area contributed by atoms with Crippen molar-refractivity contribution in [1.29, 1.82) is 0 Å². The molecule has 2 aromatic rings. The second-order valence-electron chi connectivity index (χ2n) is 7.97. The van der Waals surface area contributed by atoms with Crippen LogP contribution in [0.3, 0.4) is 0 Å². The molecule has 1 fully saturated rings. The number of likely N-dealkylation sites (tertiary alicyclic amines) is 1. The van der Waals surface area contributed by atoms with Crippen molar-refractivity contribution in [3.05, 3.63) is 51.9 Å². The summed E-state index contributed by atoms with van der Waals surface area (Å²) in [6.45, 7) is 11.2. The van der Waals surface area contributed by atoms with Crippen LogP contribution in [0.1, 0.15) is 58.6 Å². The number of piperidine rings is 1. The van der Waals surface area contributed by atoms with Gasteiger partial charge in [0.15, 0.2) is 0 Å². The molecule has 30 heavy (non-hydrogen) atoms. The Hall–Kier alpha value is -2.76. The van der Waals surface area contributed by atoms with Gasteiger partial charge in [0.2, 0.25) is 0 Å². The van der Waals surface area contributed by atoms with Crippen LogP contribution in [0.5, 0.6) is 0 Å². The first kappa shape index (κ1) is 21.9. The third-order valence-corrected chi connectivity index (χ3v) is 5.52. The van der Waals surface area contributed by atoms with Crippen LogP contribution in [0.4, 0.5) is 10.5 Å². The van der Waals surface area contributed by atoms with Gasteiger partial charge in [0.25, 0.3) is 0 Å². The fourth-order valence-corrected chi connectivity index (χ4v) is 3.95. The van der Waals surface area contributed by atoms with Crippen molar-refractivity contribution >= 4 is 22.7 Å². The van der Waals surface area contributed by atoms with E-state index in [0.29, 0.717) is 24.2 Å². The lowest BCUT2D eigenvalue weighted by Gasteiger charge is -2.28. The van der Waals surface area contributed by atoms with Crippen molar-refractivity contribution in [2.45, 2.75) is 53.1 Å². The molecule has 6 heteroatoms. The van der Waals surface area contributed by atoms with Crippen LogP contribution >= 0.6 is 0 Å².